The number of urea groups is 1. The van der Waals surface area contributed by atoms with Crippen LogP contribution in [0.2, 0.25) is 0 Å². The minimum atomic E-state index is -0.604. The number of thiophene rings is 1. The van der Waals surface area contributed by atoms with Crippen LogP contribution in [0.3, 0.4) is 0 Å². The molecule has 3 aromatic heterocycles. The van der Waals surface area contributed by atoms with Crippen LogP contribution < -0.4 is 4.90 Å². The van der Waals surface area contributed by atoms with E-state index >= 15 is 0 Å². The third kappa shape index (κ3) is 3.20. The second kappa shape index (κ2) is 7.43. The van der Waals surface area contributed by atoms with E-state index in [1.807, 2.05) is 67.9 Å². The van der Waals surface area contributed by atoms with Crippen LogP contribution in [0.1, 0.15) is 25.0 Å². The van der Waals surface area contributed by atoms with Gasteiger partial charge in [0.1, 0.15) is 5.52 Å². The van der Waals surface area contributed by atoms with Gasteiger partial charge in [0.15, 0.2) is 0 Å². The Balaban J connectivity index is 1.70. The van der Waals surface area contributed by atoms with Crippen LogP contribution >= 0.6 is 11.3 Å². The second-order valence-electron chi connectivity index (χ2n) is 8.47. The smallest absolute Gasteiger partial charge is 0.323 e. The zero-order chi connectivity index (χ0) is 22.5. The first kappa shape index (κ1) is 20.2. The van der Waals surface area contributed by atoms with Crippen molar-refractivity contribution in [2.45, 2.75) is 25.8 Å². The van der Waals surface area contributed by atoms with Gasteiger partial charge in [-0.15, -0.1) is 0 Å². The molecule has 32 heavy (non-hydrogen) atoms. The van der Waals surface area contributed by atoms with Gasteiger partial charge in [-0.3, -0.25) is 9.88 Å². The molecule has 4 heterocycles. The van der Waals surface area contributed by atoms with E-state index in [0.29, 0.717) is 12.1 Å². The van der Waals surface area contributed by atoms with Gasteiger partial charge in [-0.2, -0.15) is 16.6 Å². The van der Waals surface area contributed by atoms with E-state index in [9.17, 15) is 10.1 Å². The van der Waals surface area contributed by atoms with Gasteiger partial charge >= 0.3 is 6.03 Å². The van der Waals surface area contributed by atoms with Crippen molar-refractivity contribution >= 4 is 39.8 Å². The summed E-state index contributed by atoms with van der Waals surface area (Å²) in [5.74, 6) is 0. The number of anilines is 2. The van der Waals surface area contributed by atoms with E-state index in [1.54, 1.807) is 28.2 Å². The molecule has 0 fully saturated rings. The topological polar surface area (TPSA) is 73.1 Å². The van der Waals surface area contributed by atoms with Crippen molar-refractivity contribution in [3.05, 3.63) is 70.5 Å². The number of pyridine rings is 2. The van der Waals surface area contributed by atoms with Gasteiger partial charge in [0, 0.05) is 29.8 Å². The molecule has 7 heteroatoms. The molecule has 0 spiro atoms. The van der Waals surface area contributed by atoms with Crippen molar-refractivity contribution < 1.29 is 4.79 Å². The summed E-state index contributed by atoms with van der Waals surface area (Å²) in [6.45, 7) is 4.23. The molecule has 4 aromatic rings. The van der Waals surface area contributed by atoms with E-state index < -0.39 is 5.41 Å². The maximum atomic E-state index is 13.3. The number of carbonyl (C=O) groups is 1. The minimum Gasteiger partial charge on any atom is -0.323 e. The fraction of sp³-hybridized carbons (Fsp3) is 0.200. The molecule has 1 aliphatic heterocycles. The predicted octanol–water partition coefficient (Wildman–Crippen LogP) is 5.86. The molecule has 0 bridgehead atoms. The van der Waals surface area contributed by atoms with Gasteiger partial charge in [-0.1, -0.05) is 12.1 Å². The third-order valence-corrected chi connectivity index (χ3v) is 6.54. The zero-order valence-electron chi connectivity index (χ0n) is 18.0. The molecule has 158 valence electrons. The first-order valence-electron chi connectivity index (χ1n) is 10.3. The molecule has 0 saturated carbocycles. The Morgan fingerprint density at radius 3 is 2.59 bits per heavy atom. The van der Waals surface area contributed by atoms with E-state index in [4.69, 9.17) is 4.98 Å². The lowest BCUT2D eigenvalue weighted by Crippen LogP contribution is -2.42. The third-order valence-electron chi connectivity index (χ3n) is 5.85. The average Bonchev–Trinajstić information content (AvgIpc) is 3.35. The largest absolute Gasteiger partial charge is 0.329 e. The highest BCUT2D eigenvalue weighted by molar-refractivity contribution is 7.08. The van der Waals surface area contributed by atoms with Crippen molar-refractivity contribution in [3.8, 4) is 17.3 Å². The highest BCUT2D eigenvalue weighted by atomic mass is 32.1. The van der Waals surface area contributed by atoms with Gasteiger partial charge in [0.05, 0.1) is 40.6 Å². The number of hydrogen-bond donors (Lipinski definition) is 0. The highest BCUT2D eigenvalue weighted by Gasteiger charge is 2.32. The lowest BCUT2D eigenvalue weighted by Gasteiger charge is -2.35. The Morgan fingerprint density at radius 1 is 1.12 bits per heavy atom. The fourth-order valence-electron chi connectivity index (χ4n) is 3.95. The number of nitriles is 1. The predicted molar refractivity (Wildman–Crippen MR) is 127 cm³/mol. The lowest BCUT2D eigenvalue weighted by molar-refractivity contribution is 0.213. The van der Waals surface area contributed by atoms with Crippen molar-refractivity contribution in [3.63, 3.8) is 0 Å². The van der Waals surface area contributed by atoms with E-state index in [-0.39, 0.29) is 6.03 Å². The Kier molecular flexibility index (Phi) is 4.68. The Hall–Kier alpha value is -3.76. The summed E-state index contributed by atoms with van der Waals surface area (Å²) in [7, 11) is 1.78. The first-order valence-corrected chi connectivity index (χ1v) is 11.2. The molecule has 0 N–H and O–H groups in total. The van der Waals surface area contributed by atoms with Crippen LogP contribution in [0.15, 0.2) is 59.4 Å². The molecule has 0 saturated heterocycles. The monoisotopic (exact) mass is 439 g/mol. The number of hydrogen-bond acceptors (Lipinski definition) is 5. The molecule has 0 atom stereocenters. The fourth-order valence-corrected chi connectivity index (χ4v) is 4.60. The Bertz CT molecular complexity index is 1370. The Labute approximate surface area is 190 Å². The standard InChI is InChI=1S/C25H21N5OS/c1-25(2,15-26)18-4-6-19(7-5-18)30-23-17(13-29(3)24(30)31)12-27-21-9-8-20(28-22(21)23)16-10-11-32-14-16/h4-12,14H,13H2,1-3H3. The molecule has 1 aromatic carbocycles. The Morgan fingerprint density at radius 2 is 1.91 bits per heavy atom. The number of rotatable bonds is 3. The number of fused-ring (bicyclic) bond motifs is 3. The van der Waals surface area contributed by atoms with Gasteiger partial charge in [-0.25, -0.2) is 9.78 Å². The van der Waals surface area contributed by atoms with Crippen molar-refractivity contribution in [2.24, 2.45) is 0 Å². The van der Waals surface area contributed by atoms with E-state index in [1.165, 1.54) is 0 Å². The summed E-state index contributed by atoms with van der Waals surface area (Å²) < 4.78 is 0. The van der Waals surface area contributed by atoms with Crippen LogP contribution in [0.25, 0.3) is 22.3 Å². The number of aromatic nitrogens is 2. The van der Waals surface area contributed by atoms with Crippen LogP contribution in [-0.4, -0.2) is 27.9 Å². The van der Waals surface area contributed by atoms with Crippen LogP contribution in [0, 0.1) is 11.3 Å². The second-order valence-corrected chi connectivity index (χ2v) is 9.25. The minimum absolute atomic E-state index is 0.125. The van der Waals surface area contributed by atoms with Gasteiger partial charge < -0.3 is 4.90 Å². The van der Waals surface area contributed by atoms with E-state index in [0.717, 1.165) is 39.3 Å². The molecule has 2 amide bonds. The first-order chi connectivity index (χ1) is 15.4. The molecule has 0 aliphatic carbocycles. The molecular formula is C25H21N5OS. The van der Waals surface area contributed by atoms with Crippen LogP contribution in [0.5, 0.6) is 0 Å². The van der Waals surface area contributed by atoms with Crippen LogP contribution in [-0.2, 0) is 12.0 Å². The summed E-state index contributed by atoms with van der Waals surface area (Å²) in [5, 5.41) is 13.5. The van der Waals surface area contributed by atoms with E-state index in [2.05, 4.69) is 16.4 Å². The summed E-state index contributed by atoms with van der Waals surface area (Å²) in [5.41, 5.74) is 6.08. The number of nitrogens with zero attached hydrogens (tertiary/aromatic N) is 5. The lowest BCUT2D eigenvalue weighted by atomic mass is 9.86. The quantitative estimate of drug-likeness (QED) is 0.401. The summed E-state index contributed by atoms with van der Waals surface area (Å²) in [4.78, 5) is 26.2. The maximum Gasteiger partial charge on any atom is 0.329 e. The van der Waals surface area contributed by atoms with Gasteiger partial charge in [-0.05, 0) is 55.1 Å². The van der Waals surface area contributed by atoms with Gasteiger partial charge in [0.2, 0.25) is 0 Å². The summed E-state index contributed by atoms with van der Waals surface area (Å²) in [6, 6.07) is 15.8. The number of carbonyl (C=O) groups excluding carboxylic acids is 1. The van der Waals surface area contributed by atoms with Crippen molar-refractivity contribution in [1.82, 2.24) is 14.9 Å². The summed E-state index contributed by atoms with van der Waals surface area (Å²) >= 11 is 1.62. The number of amides is 2. The van der Waals surface area contributed by atoms with Crippen molar-refractivity contribution in [1.29, 1.82) is 5.26 Å². The van der Waals surface area contributed by atoms with Crippen LogP contribution in [0.4, 0.5) is 16.2 Å². The SMILES string of the molecule is CN1Cc2cnc3ccc(-c4ccsc4)nc3c2N(c2ccc(C(C)(C)C#N)cc2)C1=O. The van der Waals surface area contributed by atoms with Crippen molar-refractivity contribution in [2.75, 3.05) is 11.9 Å². The zero-order valence-corrected chi connectivity index (χ0v) is 18.8. The van der Waals surface area contributed by atoms with Gasteiger partial charge in [0.25, 0.3) is 0 Å². The summed E-state index contributed by atoms with van der Waals surface area (Å²) in [6.07, 6.45) is 1.83. The number of benzene rings is 1. The highest BCUT2D eigenvalue weighted by Crippen LogP contribution is 2.39. The normalized spacial score (nSPS) is 13.9. The molecular weight excluding hydrogens is 418 g/mol. The molecule has 1 aliphatic rings. The molecule has 0 unspecified atom stereocenters. The average molecular weight is 440 g/mol. The molecule has 6 nitrogen and oxygen atoms in total. The molecule has 0 radical (unpaired) electrons. The maximum absolute atomic E-state index is 13.3. The molecule has 5 rings (SSSR count).